The van der Waals surface area contributed by atoms with Crippen LogP contribution in [-0.2, 0) is 22.4 Å². The quantitative estimate of drug-likeness (QED) is 0.369. The van der Waals surface area contributed by atoms with E-state index in [-0.39, 0.29) is 6.04 Å². The molecule has 4 aromatic rings. The van der Waals surface area contributed by atoms with Crippen LogP contribution in [0.4, 0.5) is 5.69 Å². The van der Waals surface area contributed by atoms with Crippen molar-refractivity contribution < 1.29 is 9.59 Å². The third-order valence-corrected chi connectivity index (χ3v) is 7.16. The molecule has 2 aromatic heterocycles. The average Bonchev–Trinajstić information content (AvgIpc) is 3.60. The number of amides is 2. The van der Waals surface area contributed by atoms with E-state index in [1.54, 1.807) is 11.3 Å². The van der Waals surface area contributed by atoms with E-state index in [4.69, 9.17) is 0 Å². The van der Waals surface area contributed by atoms with Gasteiger partial charge in [0.25, 0.3) is 0 Å². The van der Waals surface area contributed by atoms with Gasteiger partial charge in [0, 0.05) is 47.3 Å². The van der Waals surface area contributed by atoms with Crippen molar-refractivity contribution in [2.45, 2.75) is 18.9 Å². The summed E-state index contributed by atoms with van der Waals surface area (Å²) in [4.78, 5) is 31.7. The molecule has 3 N–H and O–H groups in total. The lowest BCUT2D eigenvalue weighted by Crippen LogP contribution is -2.44. The lowest BCUT2D eigenvalue weighted by atomic mass is 10.1. The first-order chi connectivity index (χ1) is 16.2. The van der Waals surface area contributed by atoms with E-state index in [9.17, 15) is 9.59 Å². The van der Waals surface area contributed by atoms with Crippen LogP contribution < -0.4 is 15.5 Å². The summed E-state index contributed by atoms with van der Waals surface area (Å²) in [5.41, 5.74) is 4.71. The van der Waals surface area contributed by atoms with Gasteiger partial charge in [-0.1, -0.05) is 42.5 Å². The largest absolute Gasteiger partial charge is 0.361 e. The van der Waals surface area contributed by atoms with E-state index in [1.165, 1.54) is 16.1 Å². The second-order valence-electron chi connectivity index (χ2n) is 8.18. The minimum absolute atomic E-state index is 0.00313. The van der Waals surface area contributed by atoms with Gasteiger partial charge >= 0.3 is 11.8 Å². The lowest BCUT2D eigenvalue weighted by Gasteiger charge is -2.30. The average molecular weight is 459 g/mol. The Kier molecular flexibility index (Phi) is 6.13. The van der Waals surface area contributed by atoms with Crippen molar-refractivity contribution in [1.29, 1.82) is 0 Å². The molecule has 6 nitrogen and oxygen atoms in total. The summed E-state index contributed by atoms with van der Waals surface area (Å²) in [5, 5.41) is 8.80. The highest BCUT2D eigenvalue weighted by atomic mass is 32.1. The molecule has 1 unspecified atom stereocenters. The van der Waals surface area contributed by atoms with Crippen LogP contribution in [-0.4, -0.2) is 36.4 Å². The maximum absolute atomic E-state index is 12.5. The fourth-order valence-electron chi connectivity index (χ4n) is 4.53. The Bertz CT molecular complexity index is 1260. The van der Waals surface area contributed by atoms with Gasteiger partial charge in [0.1, 0.15) is 0 Å². The second-order valence-corrected chi connectivity index (χ2v) is 9.16. The molecule has 168 valence electrons. The molecule has 0 spiro atoms. The number of fused-ring (bicyclic) bond motifs is 2. The molecule has 2 amide bonds. The first kappa shape index (κ1) is 21.3. The number of thiophene rings is 1. The highest BCUT2D eigenvalue weighted by Crippen LogP contribution is 2.36. The van der Waals surface area contributed by atoms with Gasteiger partial charge in [-0.15, -0.1) is 11.3 Å². The predicted molar refractivity (Wildman–Crippen MR) is 133 cm³/mol. The highest BCUT2D eigenvalue weighted by Gasteiger charge is 2.28. The van der Waals surface area contributed by atoms with Gasteiger partial charge in [0.05, 0.1) is 6.04 Å². The third kappa shape index (κ3) is 4.50. The number of rotatable bonds is 7. The van der Waals surface area contributed by atoms with Crippen LogP contribution in [0.5, 0.6) is 0 Å². The molecule has 3 heterocycles. The Morgan fingerprint density at radius 2 is 1.82 bits per heavy atom. The normalized spacial score (nSPS) is 13.6. The number of anilines is 1. The summed E-state index contributed by atoms with van der Waals surface area (Å²) in [6, 6.07) is 20.5. The molecular weight excluding hydrogens is 432 g/mol. The summed E-state index contributed by atoms with van der Waals surface area (Å²) in [7, 11) is 0. The fraction of sp³-hybridized carbons (Fsp3) is 0.231. The van der Waals surface area contributed by atoms with Crippen molar-refractivity contribution in [3.8, 4) is 0 Å². The number of carbonyl (C=O) groups excluding carboxylic acids is 2. The molecule has 1 aliphatic heterocycles. The third-order valence-electron chi connectivity index (χ3n) is 6.19. The first-order valence-electron chi connectivity index (χ1n) is 11.2. The Morgan fingerprint density at radius 3 is 2.70 bits per heavy atom. The SMILES string of the molecule is O=C(NCCc1c[nH]c2ccccc12)C(=O)NCC(c1cccs1)N1CCc2ccccc21. The molecule has 0 radical (unpaired) electrons. The van der Waals surface area contributed by atoms with Gasteiger partial charge in [-0.2, -0.15) is 0 Å². The van der Waals surface area contributed by atoms with Gasteiger partial charge < -0.3 is 20.5 Å². The maximum Gasteiger partial charge on any atom is 0.309 e. The molecule has 0 bridgehead atoms. The summed E-state index contributed by atoms with van der Waals surface area (Å²) < 4.78 is 0. The van der Waals surface area contributed by atoms with Crippen LogP contribution in [0.3, 0.4) is 0 Å². The Balaban J connectivity index is 1.18. The van der Waals surface area contributed by atoms with Crippen LogP contribution >= 0.6 is 11.3 Å². The van der Waals surface area contributed by atoms with Crippen molar-refractivity contribution in [2.24, 2.45) is 0 Å². The Labute approximate surface area is 196 Å². The highest BCUT2D eigenvalue weighted by molar-refractivity contribution is 7.10. The van der Waals surface area contributed by atoms with E-state index in [1.807, 2.05) is 41.9 Å². The van der Waals surface area contributed by atoms with Gasteiger partial charge in [0.2, 0.25) is 0 Å². The number of para-hydroxylation sites is 2. The molecule has 33 heavy (non-hydrogen) atoms. The molecule has 0 saturated heterocycles. The Morgan fingerprint density at radius 1 is 1.00 bits per heavy atom. The topological polar surface area (TPSA) is 77.2 Å². The van der Waals surface area contributed by atoms with Gasteiger partial charge in [-0.05, 0) is 47.5 Å². The molecule has 0 saturated carbocycles. The van der Waals surface area contributed by atoms with E-state index in [2.05, 4.69) is 50.8 Å². The van der Waals surface area contributed by atoms with Crippen molar-refractivity contribution in [1.82, 2.24) is 15.6 Å². The van der Waals surface area contributed by atoms with Gasteiger partial charge in [0.15, 0.2) is 0 Å². The maximum atomic E-state index is 12.5. The van der Waals surface area contributed by atoms with Crippen LogP contribution in [0.25, 0.3) is 10.9 Å². The molecule has 0 aliphatic carbocycles. The molecule has 5 rings (SSSR count). The van der Waals surface area contributed by atoms with Crippen LogP contribution in [0.1, 0.15) is 22.0 Å². The molecule has 7 heteroatoms. The minimum atomic E-state index is -0.596. The zero-order valence-corrected chi connectivity index (χ0v) is 19.0. The summed E-state index contributed by atoms with van der Waals surface area (Å²) >= 11 is 1.67. The predicted octanol–water partition coefficient (Wildman–Crippen LogP) is 3.81. The van der Waals surface area contributed by atoms with Crippen molar-refractivity contribution >= 4 is 39.7 Å². The number of aromatic nitrogens is 1. The zero-order valence-electron chi connectivity index (χ0n) is 18.2. The van der Waals surface area contributed by atoms with Crippen molar-refractivity contribution in [3.05, 3.63) is 88.2 Å². The van der Waals surface area contributed by atoms with E-state index >= 15 is 0 Å². The molecule has 1 aliphatic rings. The fourth-order valence-corrected chi connectivity index (χ4v) is 5.37. The standard InChI is InChI=1S/C26H26N4O2S/c31-25(27-13-11-19-16-28-21-8-3-2-7-20(19)21)26(32)29-17-23(24-10-5-15-33-24)30-14-12-18-6-1-4-9-22(18)30/h1-10,15-16,23,28H,11-14,17H2,(H,27,31)(H,29,32). The smallest absolute Gasteiger partial charge is 0.309 e. The van der Waals surface area contributed by atoms with Crippen LogP contribution in [0, 0.1) is 0 Å². The van der Waals surface area contributed by atoms with E-state index in [0.29, 0.717) is 19.5 Å². The number of carbonyl (C=O) groups is 2. The lowest BCUT2D eigenvalue weighted by molar-refractivity contribution is -0.139. The van der Waals surface area contributed by atoms with Crippen molar-refractivity contribution in [3.63, 3.8) is 0 Å². The van der Waals surface area contributed by atoms with Crippen molar-refractivity contribution in [2.75, 3.05) is 24.5 Å². The second kappa shape index (κ2) is 9.50. The van der Waals surface area contributed by atoms with Gasteiger partial charge in [-0.3, -0.25) is 9.59 Å². The molecule has 1 atom stereocenters. The molecular formula is C26H26N4O2S. The van der Waals surface area contributed by atoms with E-state index < -0.39 is 11.8 Å². The summed E-state index contributed by atoms with van der Waals surface area (Å²) in [6.45, 7) is 1.68. The number of nitrogens with one attached hydrogen (secondary N) is 3. The first-order valence-corrected chi connectivity index (χ1v) is 12.1. The van der Waals surface area contributed by atoms with Crippen LogP contribution in [0.15, 0.2) is 72.2 Å². The Hall–Kier alpha value is -3.58. The number of aromatic amines is 1. The number of H-pyrrole nitrogens is 1. The van der Waals surface area contributed by atoms with E-state index in [0.717, 1.165) is 29.4 Å². The number of hydrogen-bond donors (Lipinski definition) is 3. The number of hydrogen-bond acceptors (Lipinski definition) is 4. The monoisotopic (exact) mass is 458 g/mol. The van der Waals surface area contributed by atoms with Crippen LogP contribution in [0.2, 0.25) is 0 Å². The minimum Gasteiger partial charge on any atom is -0.361 e. The molecule has 0 fully saturated rings. The summed E-state index contributed by atoms with van der Waals surface area (Å²) in [6.07, 6.45) is 3.60. The summed E-state index contributed by atoms with van der Waals surface area (Å²) in [5.74, 6) is -1.19. The molecule has 2 aromatic carbocycles. The number of benzene rings is 2. The van der Waals surface area contributed by atoms with Gasteiger partial charge in [-0.25, -0.2) is 0 Å². The number of nitrogens with zero attached hydrogens (tertiary/aromatic N) is 1. The zero-order chi connectivity index (χ0) is 22.6.